The lowest BCUT2D eigenvalue weighted by Gasteiger charge is -2.21. The van der Waals surface area contributed by atoms with Crippen LogP contribution >= 0.6 is 31.9 Å². The number of ether oxygens (including phenoxy) is 1. The van der Waals surface area contributed by atoms with Crippen LogP contribution in [0.25, 0.3) is 0 Å². The van der Waals surface area contributed by atoms with Crippen LogP contribution in [-0.2, 0) is 4.74 Å². The summed E-state index contributed by atoms with van der Waals surface area (Å²) in [5.74, 6) is 0.329. The van der Waals surface area contributed by atoms with Gasteiger partial charge in [0.2, 0.25) is 0 Å². The maximum atomic E-state index is 12.4. The molecule has 0 spiro atoms. The molecule has 2 nitrogen and oxygen atoms in total. The fourth-order valence-corrected chi connectivity index (χ4v) is 3.01. The van der Waals surface area contributed by atoms with Crippen LogP contribution in [0.1, 0.15) is 28.8 Å². The van der Waals surface area contributed by atoms with Crippen molar-refractivity contribution in [2.24, 2.45) is 5.92 Å². The van der Waals surface area contributed by atoms with Gasteiger partial charge in [0.15, 0.2) is 5.78 Å². The standard InChI is InChI=1S/C13H14Br2O2/c1-8-6-12(15)10(7-11(8)14)13(16)9-2-4-17-5-3-9/h6-7,9H,2-5H2,1H3. The Morgan fingerprint density at radius 2 is 1.88 bits per heavy atom. The van der Waals surface area contributed by atoms with E-state index in [4.69, 9.17) is 4.74 Å². The Hall–Kier alpha value is -0.190. The smallest absolute Gasteiger partial charge is 0.167 e. The van der Waals surface area contributed by atoms with Gasteiger partial charge < -0.3 is 4.74 Å². The molecule has 1 aliphatic heterocycles. The molecule has 0 aliphatic carbocycles. The maximum Gasteiger partial charge on any atom is 0.167 e. The quantitative estimate of drug-likeness (QED) is 0.740. The maximum absolute atomic E-state index is 12.4. The molecule has 2 rings (SSSR count). The predicted octanol–water partition coefficient (Wildman–Crippen LogP) is 4.13. The molecule has 1 aromatic carbocycles. The first-order chi connectivity index (χ1) is 8.09. The van der Waals surface area contributed by atoms with Crippen molar-refractivity contribution in [3.63, 3.8) is 0 Å². The molecular weight excluding hydrogens is 348 g/mol. The van der Waals surface area contributed by atoms with Crippen LogP contribution in [0.15, 0.2) is 21.1 Å². The zero-order valence-electron chi connectivity index (χ0n) is 9.63. The Morgan fingerprint density at radius 1 is 1.24 bits per heavy atom. The van der Waals surface area contributed by atoms with Gasteiger partial charge in [-0.05, 0) is 37.5 Å². The Kier molecular flexibility index (Phi) is 4.39. The molecule has 1 aliphatic rings. The third kappa shape index (κ3) is 2.98. The van der Waals surface area contributed by atoms with Crippen LogP contribution in [0.3, 0.4) is 0 Å². The molecule has 0 radical (unpaired) electrons. The highest BCUT2D eigenvalue weighted by Gasteiger charge is 2.24. The van der Waals surface area contributed by atoms with E-state index in [0.29, 0.717) is 13.2 Å². The van der Waals surface area contributed by atoms with Crippen LogP contribution in [0, 0.1) is 12.8 Å². The SMILES string of the molecule is Cc1cc(Br)c(C(=O)C2CCOCC2)cc1Br. The fourth-order valence-electron chi connectivity index (χ4n) is 2.01. The van der Waals surface area contributed by atoms with Crippen LogP contribution in [-0.4, -0.2) is 19.0 Å². The van der Waals surface area contributed by atoms with E-state index in [2.05, 4.69) is 31.9 Å². The number of Topliss-reactive ketones (excluding diaryl/α,β-unsaturated/α-hetero) is 1. The van der Waals surface area contributed by atoms with Gasteiger partial charge in [-0.15, -0.1) is 0 Å². The molecular formula is C13H14Br2O2. The third-order valence-corrected chi connectivity index (χ3v) is 4.62. The summed E-state index contributed by atoms with van der Waals surface area (Å²) in [4.78, 5) is 12.4. The molecule has 0 bridgehead atoms. The van der Waals surface area contributed by atoms with Gasteiger partial charge >= 0.3 is 0 Å². The summed E-state index contributed by atoms with van der Waals surface area (Å²) >= 11 is 6.95. The number of benzene rings is 1. The van der Waals surface area contributed by atoms with Crippen molar-refractivity contribution in [3.8, 4) is 0 Å². The monoisotopic (exact) mass is 360 g/mol. The lowest BCUT2D eigenvalue weighted by atomic mass is 9.91. The second kappa shape index (κ2) is 5.63. The van der Waals surface area contributed by atoms with Gasteiger partial charge in [0, 0.05) is 33.6 Å². The van der Waals surface area contributed by atoms with Gasteiger partial charge in [-0.1, -0.05) is 31.9 Å². The van der Waals surface area contributed by atoms with Gasteiger partial charge in [0.25, 0.3) is 0 Å². The molecule has 0 amide bonds. The van der Waals surface area contributed by atoms with Crippen LogP contribution in [0.5, 0.6) is 0 Å². The number of ketones is 1. The van der Waals surface area contributed by atoms with Crippen molar-refractivity contribution in [1.82, 2.24) is 0 Å². The molecule has 1 fully saturated rings. The van der Waals surface area contributed by atoms with E-state index in [9.17, 15) is 4.79 Å². The van der Waals surface area contributed by atoms with Gasteiger partial charge in [-0.25, -0.2) is 0 Å². The van der Waals surface area contributed by atoms with Crippen LogP contribution < -0.4 is 0 Å². The minimum Gasteiger partial charge on any atom is -0.381 e. The first kappa shape index (κ1) is 13.2. The van der Waals surface area contributed by atoms with Gasteiger partial charge in [-0.2, -0.15) is 0 Å². The summed E-state index contributed by atoms with van der Waals surface area (Å²) in [7, 11) is 0. The summed E-state index contributed by atoms with van der Waals surface area (Å²) < 4.78 is 7.15. The highest BCUT2D eigenvalue weighted by atomic mass is 79.9. The summed E-state index contributed by atoms with van der Waals surface area (Å²) in [6, 6.07) is 3.90. The average molecular weight is 362 g/mol. The number of carbonyl (C=O) groups excluding carboxylic acids is 1. The number of carbonyl (C=O) groups is 1. The Labute approximate surface area is 118 Å². The van der Waals surface area contributed by atoms with Crippen molar-refractivity contribution in [1.29, 1.82) is 0 Å². The third-order valence-electron chi connectivity index (χ3n) is 3.11. The molecule has 0 N–H and O–H groups in total. The number of hydrogen-bond acceptors (Lipinski definition) is 2. The van der Waals surface area contributed by atoms with E-state index in [-0.39, 0.29) is 11.7 Å². The normalized spacial score (nSPS) is 17.1. The second-order valence-electron chi connectivity index (χ2n) is 4.33. The van der Waals surface area contributed by atoms with Crippen LogP contribution in [0.2, 0.25) is 0 Å². The zero-order valence-corrected chi connectivity index (χ0v) is 12.8. The molecule has 0 atom stereocenters. The molecule has 17 heavy (non-hydrogen) atoms. The average Bonchev–Trinajstić information content (AvgIpc) is 2.34. The summed E-state index contributed by atoms with van der Waals surface area (Å²) in [5.41, 5.74) is 1.90. The van der Waals surface area contributed by atoms with E-state index in [1.807, 2.05) is 19.1 Å². The summed E-state index contributed by atoms with van der Waals surface area (Å²) in [5, 5.41) is 0. The second-order valence-corrected chi connectivity index (χ2v) is 6.04. The largest absolute Gasteiger partial charge is 0.381 e. The van der Waals surface area contributed by atoms with E-state index in [0.717, 1.165) is 32.9 Å². The molecule has 1 saturated heterocycles. The minimum atomic E-state index is 0.106. The zero-order chi connectivity index (χ0) is 12.4. The van der Waals surface area contributed by atoms with E-state index in [1.54, 1.807) is 0 Å². The highest BCUT2D eigenvalue weighted by molar-refractivity contribution is 9.11. The van der Waals surface area contributed by atoms with Gasteiger partial charge in [0.1, 0.15) is 0 Å². The molecule has 4 heteroatoms. The number of halogens is 2. The van der Waals surface area contributed by atoms with Crippen molar-refractivity contribution in [3.05, 3.63) is 32.2 Å². The minimum absolute atomic E-state index is 0.106. The van der Waals surface area contributed by atoms with Crippen molar-refractivity contribution >= 4 is 37.6 Å². The van der Waals surface area contributed by atoms with Crippen molar-refractivity contribution in [2.45, 2.75) is 19.8 Å². The van der Waals surface area contributed by atoms with Crippen LogP contribution in [0.4, 0.5) is 0 Å². The lowest BCUT2D eigenvalue weighted by molar-refractivity contribution is 0.0544. The van der Waals surface area contributed by atoms with E-state index >= 15 is 0 Å². The van der Waals surface area contributed by atoms with E-state index in [1.165, 1.54) is 0 Å². The molecule has 92 valence electrons. The molecule has 1 aromatic rings. The Morgan fingerprint density at radius 3 is 2.53 bits per heavy atom. The topological polar surface area (TPSA) is 26.3 Å². The number of hydrogen-bond donors (Lipinski definition) is 0. The molecule has 0 saturated carbocycles. The number of aryl methyl sites for hydroxylation is 1. The number of rotatable bonds is 2. The lowest BCUT2D eigenvalue weighted by Crippen LogP contribution is -2.23. The summed E-state index contributed by atoms with van der Waals surface area (Å²) in [6.45, 7) is 3.40. The molecule has 0 unspecified atom stereocenters. The van der Waals surface area contributed by atoms with Gasteiger partial charge in [0.05, 0.1) is 0 Å². The first-order valence-corrected chi connectivity index (χ1v) is 7.26. The summed E-state index contributed by atoms with van der Waals surface area (Å²) in [6.07, 6.45) is 1.66. The predicted molar refractivity (Wildman–Crippen MR) is 74.5 cm³/mol. The molecule has 1 heterocycles. The highest BCUT2D eigenvalue weighted by Crippen LogP contribution is 2.29. The van der Waals surface area contributed by atoms with Gasteiger partial charge in [-0.3, -0.25) is 4.79 Å². The first-order valence-electron chi connectivity index (χ1n) is 5.67. The fraction of sp³-hybridized carbons (Fsp3) is 0.462. The Bertz CT molecular complexity index is 437. The van der Waals surface area contributed by atoms with Crippen molar-refractivity contribution < 1.29 is 9.53 Å². The Balaban J connectivity index is 2.26. The van der Waals surface area contributed by atoms with Crippen molar-refractivity contribution in [2.75, 3.05) is 13.2 Å². The molecule has 0 aromatic heterocycles. The van der Waals surface area contributed by atoms with E-state index < -0.39 is 0 Å².